The van der Waals surface area contributed by atoms with Gasteiger partial charge >= 0.3 is 0 Å². The molecule has 0 N–H and O–H groups in total. The lowest BCUT2D eigenvalue weighted by molar-refractivity contribution is 0.192. The normalized spacial score (nSPS) is 21.3. The zero-order valence-corrected chi connectivity index (χ0v) is 8.35. The summed E-state index contributed by atoms with van der Waals surface area (Å²) in [5.74, 6) is 0. The second kappa shape index (κ2) is 4.91. The maximum absolute atomic E-state index is 5.36. The summed E-state index contributed by atoms with van der Waals surface area (Å²) in [5, 5.41) is 0. The summed E-state index contributed by atoms with van der Waals surface area (Å²) >= 11 is 0. The van der Waals surface area contributed by atoms with Crippen molar-refractivity contribution in [1.29, 1.82) is 0 Å². The highest BCUT2D eigenvalue weighted by molar-refractivity contribution is 6.37. The predicted molar refractivity (Wildman–Crippen MR) is 47.3 cm³/mol. The monoisotopic (exact) mass is 158 g/mol. The van der Waals surface area contributed by atoms with E-state index in [4.69, 9.17) is 4.74 Å². The third-order valence-corrected chi connectivity index (χ3v) is 4.51. The Labute approximate surface area is 66.0 Å². The van der Waals surface area contributed by atoms with E-state index in [0.717, 1.165) is 18.4 Å². The van der Waals surface area contributed by atoms with E-state index in [-0.39, 0.29) is 9.52 Å². The molecule has 1 aliphatic rings. The van der Waals surface area contributed by atoms with Crippen molar-refractivity contribution in [3.63, 3.8) is 0 Å². The van der Waals surface area contributed by atoms with Gasteiger partial charge in [-0.05, 0) is 12.5 Å². The highest BCUT2D eigenvalue weighted by Gasteiger charge is 2.14. The van der Waals surface area contributed by atoms with E-state index in [9.17, 15) is 0 Å². The average Bonchev–Trinajstić information content (AvgIpc) is 2.41. The van der Waals surface area contributed by atoms with Crippen LogP contribution in [0.2, 0.25) is 5.54 Å². The maximum atomic E-state index is 5.36. The summed E-state index contributed by atoms with van der Waals surface area (Å²) in [6, 6.07) is 0. The molecule has 60 valence electrons. The molecule has 0 aromatic carbocycles. The van der Waals surface area contributed by atoms with Gasteiger partial charge in [0.15, 0.2) is 0 Å². The molecule has 0 radical (unpaired) electrons. The molecular weight excluding hydrogens is 140 g/mol. The predicted octanol–water partition coefficient (Wildman–Crippen LogP) is 1.51. The molecule has 2 heteroatoms. The topological polar surface area (TPSA) is 9.23 Å². The van der Waals surface area contributed by atoms with Gasteiger partial charge in [-0.2, -0.15) is 0 Å². The van der Waals surface area contributed by atoms with Crippen LogP contribution in [0.25, 0.3) is 0 Å². The molecule has 10 heavy (non-hydrogen) atoms. The van der Waals surface area contributed by atoms with Gasteiger partial charge in [0.2, 0.25) is 0 Å². The first-order chi connectivity index (χ1) is 4.93. The first-order valence-electron chi connectivity index (χ1n) is 4.51. The standard InChI is InChI=1S/C8H18OSi/c1-2-9-7-10-8-5-3-4-6-8/h8H,2-7,10H2,1H3. The molecule has 1 nitrogen and oxygen atoms in total. The summed E-state index contributed by atoms with van der Waals surface area (Å²) in [5.41, 5.74) is 1.13. The molecule has 0 unspecified atom stereocenters. The zero-order chi connectivity index (χ0) is 7.23. The second-order valence-electron chi connectivity index (χ2n) is 3.14. The molecule has 0 amide bonds. The SMILES string of the molecule is CCOC[SiH2]C1CCCC1. The van der Waals surface area contributed by atoms with Gasteiger partial charge in [0.1, 0.15) is 0 Å². The Hall–Kier alpha value is 0.177. The highest BCUT2D eigenvalue weighted by atomic mass is 28.2. The molecule has 1 rings (SSSR count). The Balaban J connectivity index is 1.91. The van der Waals surface area contributed by atoms with E-state index in [2.05, 4.69) is 6.92 Å². The van der Waals surface area contributed by atoms with E-state index in [0.29, 0.717) is 0 Å². The van der Waals surface area contributed by atoms with E-state index >= 15 is 0 Å². The van der Waals surface area contributed by atoms with E-state index < -0.39 is 0 Å². The summed E-state index contributed by atoms with van der Waals surface area (Å²) in [4.78, 5) is 0. The molecule has 0 atom stereocenters. The van der Waals surface area contributed by atoms with Gasteiger partial charge in [-0.1, -0.05) is 25.7 Å². The fourth-order valence-electron chi connectivity index (χ4n) is 1.69. The molecule has 0 aliphatic heterocycles. The Morgan fingerprint density at radius 3 is 2.70 bits per heavy atom. The van der Waals surface area contributed by atoms with Gasteiger partial charge in [-0.3, -0.25) is 0 Å². The van der Waals surface area contributed by atoms with Crippen molar-refractivity contribution >= 4 is 9.52 Å². The third-order valence-electron chi connectivity index (χ3n) is 2.35. The van der Waals surface area contributed by atoms with Crippen LogP contribution in [0.5, 0.6) is 0 Å². The Kier molecular flexibility index (Phi) is 4.06. The number of rotatable bonds is 4. The fraction of sp³-hybridized carbons (Fsp3) is 1.00. The maximum Gasteiger partial charge on any atom is 0.0547 e. The van der Waals surface area contributed by atoms with E-state index in [1.165, 1.54) is 25.7 Å². The Morgan fingerprint density at radius 1 is 1.40 bits per heavy atom. The van der Waals surface area contributed by atoms with Crippen LogP contribution in [0, 0.1) is 0 Å². The number of ether oxygens (including phenoxy) is 1. The van der Waals surface area contributed by atoms with Crippen LogP contribution >= 0.6 is 0 Å². The molecule has 0 saturated heterocycles. The van der Waals surface area contributed by atoms with Crippen LogP contribution in [0.15, 0.2) is 0 Å². The molecular formula is C8H18OSi. The van der Waals surface area contributed by atoms with Crippen molar-refractivity contribution in [2.24, 2.45) is 0 Å². The molecule has 0 aromatic rings. The molecule has 1 saturated carbocycles. The van der Waals surface area contributed by atoms with Gasteiger partial charge < -0.3 is 4.74 Å². The van der Waals surface area contributed by atoms with Gasteiger partial charge in [-0.25, -0.2) is 0 Å². The van der Waals surface area contributed by atoms with Crippen molar-refractivity contribution in [1.82, 2.24) is 0 Å². The molecule has 0 bridgehead atoms. The minimum atomic E-state index is 0.155. The van der Waals surface area contributed by atoms with Crippen LogP contribution in [0.3, 0.4) is 0 Å². The Morgan fingerprint density at radius 2 is 2.10 bits per heavy atom. The first-order valence-corrected chi connectivity index (χ1v) is 6.33. The lowest BCUT2D eigenvalue weighted by Crippen LogP contribution is -2.08. The van der Waals surface area contributed by atoms with Crippen molar-refractivity contribution in [2.45, 2.75) is 38.1 Å². The molecule has 0 heterocycles. The highest BCUT2D eigenvalue weighted by Crippen LogP contribution is 2.28. The smallest absolute Gasteiger partial charge is 0.0547 e. The van der Waals surface area contributed by atoms with Crippen molar-refractivity contribution in [3.8, 4) is 0 Å². The molecule has 0 aromatic heterocycles. The summed E-state index contributed by atoms with van der Waals surface area (Å²) in [7, 11) is 0.155. The minimum absolute atomic E-state index is 0.155. The summed E-state index contributed by atoms with van der Waals surface area (Å²) in [6.45, 7) is 3.00. The third kappa shape index (κ3) is 2.84. The average molecular weight is 158 g/mol. The summed E-state index contributed by atoms with van der Waals surface area (Å²) in [6.07, 6.45) is 7.13. The van der Waals surface area contributed by atoms with E-state index in [1.54, 1.807) is 0 Å². The number of hydrogen-bond acceptors (Lipinski definition) is 1. The molecule has 0 spiro atoms. The zero-order valence-electron chi connectivity index (χ0n) is 6.94. The quantitative estimate of drug-likeness (QED) is 0.445. The lowest BCUT2D eigenvalue weighted by atomic mass is 10.4. The molecule has 1 aliphatic carbocycles. The van der Waals surface area contributed by atoms with Gasteiger partial charge in [0, 0.05) is 12.8 Å². The van der Waals surface area contributed by atoms with Crippen LogP contribution in [0.1, 0.15) is 32.6 Å². The van der Waals surface area contributed by atoms with Crippen LogP contribution in [-0.2, 0) is 4.74 Å². The van der Waals surface area contributed by atoms with Gasteiger partial charge in [0.05, 0.1) is 9.52 Å². The fourth-order valence-corrected chi connectivity index (χ4v) is 3.64. The van der Waals surface area contributed by atoms with Gasteiger partial charge in [-0.15, -0.1) is 0 Å². The second-order valence-corrected chi connectivity index (χ2v) is 5.28. The first kappa shape index (κ1) is 8.28. The molecule has 1 fully saturated rings. The van der Waals surface area contributed by atoms with Crippen LogP contribution in [0.4, 0.5) is 0 Å². The van der Waals surface area contributed by atoms with Crippen molar-refractivity contribution < 1.29 is 4.74 Å². The summed E-state index contributed by atoms with van der Waals surface area (Å²) < 4.78 is 5.36. The lowest BCUT2D eigenvalue weighted by Gasteiger charge is -2.06. The number of hydrogen-bond donors (Lipinski definition) is 0. The van der Waals surface area contributed by atoms with Gasteiger partial charge in [0.25, 0.3) is 0 Å². The van der Waals surface area contributed by atoms with Crippen LogP contribution in [-0.4, -0.2) is 22.4 Å². The minimum Gasteiger partial charge on any atom is -0.386 e. The van der Waals surface area contributed by atoms with Crippen LogP contribution < -0.4 is 0 Å². The van der Waals surface area contributed by atoms with Crippen molar-refractivity contribution in [3.05, 3.63) is 0 Å². The van der Waals surface area contributed by atoms with Crippen molar-refractivity contribution in [2.75, 3.05) is 12.8 Å². The largest absolute Gasteiger partial charge is 0.386 e. The van der Waals surface area contributed by atoms with E-state index in [1.807, 2.05) is 0 Å². The Bertz CT molecular complexity index is 79.3.